The summed E-state index contributed by atoms with van der Waals surface area (Å²) in [4.78, 5) is 11.4. The molecule has 16 heavy (non-hydrogen) atoms. The van der Waals surface area contributed by atoms with E-state index >= 15 is 0 Å². The van der Waals surface area contributed by atoms with E-state index in [0.717, 1.165) is 12.8 Å². The molecule has 0 aromatic carbocycles. The molecule has 0 rings (SSSR count). The molecule has 0 saturated heterocycles. The smallest absolute Gasteiger partial charge is 0.220 e. The number of hydrogen-bond acceptors (Lipinski definition) is 3. The fraction of sp³-hybridized carbons (Fsp3) is 0.909. The molecule has 0 fully saturated rings. The predicted octanol–water partition coefficient (Wildman–Crippen LogP) is 0.636. The molecule has 0 aliphatic heterocycles. The second-order valence-electron chi connectivity index (χ2n) is 4.83. The number of nitrogens with two attached hydrogens (primary N) is 1. The van der Waals surface area contributed by atoms with E-state index in [1.807, 2.05) is 0 Å². The average Bonchev–Trinajstić information content (AvgIpc) is 2.14. The molecule has 3 N–H and O–H groups in total. The van der Waals surface area contributed by atoms with Crippen LogP contribution in [0.15, 0.2) is 0 Å². The number of carbonyl (C=O) groups is 1. The summed E-state index contributed by atoms with van der Waals surface area (Å²) in [6.45, 7) is 5.39. The maximum Gasteiger partial charge on any atom is 0.220 e. The molecule has 0 spiro atoms. The summed E-state index contributed by atoms with van der Waals surface area (Å²) in [6, 6.07) is 0. The highest BCUT2D eigenvalue weighted by molar-refractivity contribution is 7.84. The lowest BCUT2D eigenvalue weighted by atomic mass is 9.84. The number of nitrogens with one attached hydrogen (secondary N) is 1. The molecule has 5 heteroatoms. The third kappa shape index (κ3) is 8.85. The van der Waals surface area contributed by atoms with Crippen molar-refractivity contribution in [3.05, 3.63) is 0 Å². The molecule has 0 aliphatic carbocycles. The number of amides is 1. The van der Waals surface area contributed by atoms with Gasteiger partial charge < -0.3 is 11.1 Å². The van der Waals surface area contributed by atoms with Gasteiger partial charge in [-0.1, -0.05) is 13.8 Å². The third-order valence-electron chi connectivity index (χ3n) is 2.56. The van der Waals surface area contributed by atoms with Gasteiger partial charge in [-0.2, -0.15) is 0 Å². The average molecular weight is 248 g/mol. The van der Waals surface area contributed by atoms with Gasteiger partial charge in [-0.15, -0.1) is 0 Å². The van der Waals surface area contributed by atoms with E-state index in [1.165, 1.54) is 0 Å². The van der Waals surface area contributed by atoms with Crippen LogP contribution in [0.2, 0.25) is 0 Å². The van der Waals surface area contributed by atoms with Gasteiger partial charge in [0.25, 0.3) is 0 Å². The summed E-state index contributed by atoms with van der Waals surface area (Å²) in [5, 5.41) is 2.77. The summed E-state index contributed by atoms with van der Waals surface area (Å²) >= 11 is 0. The zero-order valence-corrected chi connectivity index (χ0v) is 11.4. The van der Waals surface area contributed by atoms with Gasteiger partial charge in [0.15, 0.2) is 0 Å². The lowest BCUT2D eigenvalue weighted by molar-refractivity contribution is -0.121. The molecule has 0 heterocycles. The van der Waals surface area contributed by atoms with E-state index in [4.69, 9.17) is 5.73 Å². The molecular formula is C11H24N2O2S. The molecule has 0 aromatic rings. The van der Waals surface area contributed by atoms with Gasteiger partial charge in [-0.05, 0) is 24.8 Å². The molecule has 0 aromatic heterocycles. The van der Waals surface area contributed by atoms with Crippen LogP contribution in [0.1, 0.15) is 33.1 Å². The van der Waals surface area contributed by atoms with Gasteiger partial charge in [-0.3, -0.25) is 9.00 Å². The first kappa shape index (κ1) is 15.6. The highest BCUT2D eigenvalue weighted by atomic mass is 32.2. The second-order valence-corrected chi connectivity index (χ2v) is 6.38. The van der Waals surface area contributed by atoms with Gasteiger partial charge in [0.05, 0.1) is 0 Å². The van der Waals surface area contributed by atoms with Crippen molar-refractivity contribution >= 4 is 16.7 Å². The maximum absolute atomic E-state index is 11.4. The van der Waals surface area contributed by atoms with Crippen molar-refractivity contribution in [3.8, 4) is 0 Å². The summed E-state index contributed by atoms with van der Waals surface area (Å²) in [7, 11) is -0.837. The SMILES string of the molecule is CS(=O)CCNC(=O)CCC(C)(C)CCN. The quantitative estimate of drug-likeness (QED) is 0.662. The summed E-state index contributed by atoms with van der Waals surface area (Å²) in [5.41, 5.74) is 5.62. The van der Waals surface area contributed by atoms with Gasteiger partial charge in [0.2, 0.25) is 5.91 Å². The summed E-state index contributed by atoms with van der Waals surface area (Å²) < 4.78 is 10.8. The molecule has 0 aliphatic rings. The number of carbonyl (C=O) groups excluding carboxylic acids is 1. The van der Waals surface area contributed by atoms with Crippen molar-refractivity contribution in [1.29, 1.82) is 0 Å². The van der Waals surface area contributed by atoms with E-state index in [2.05, 4.69) is 19.2 Å². The number of rotatable bonds is 8. The Bertz CT molecular complexity index is 242. The molecule has 1 amide bonds. The van der Waals surface area contributed by atoms with Crippen molar-refractivity contribution in [2.24, 2.45) is 11.1 Å². The van der Waals surface area contributed by atoms with Gasteiger partial charge >= 0.3 is 0 Å². The van der Waals surface area contributed by atoms with Crippen LogP contribution in [-0.4, -0.2) is 35.2 Å². The Balaban J connectivity index is 3.68. The lowest BCUT2D eigenvalue weighted by Crippen LogP contribution is -2.29. The molecule has 4 nitrogen and oxygen atoms in total. The van der Waals surface area contributed by atoms with Crippen LogP contribution < -0.4 is 11.1 Å². The van der Waals surface area contributed by atoms with E-state index in [1.54, 1.807) is 6.26 Å². The van der Waals surface area contributed by atoms with Crippen LogP contribution in [0, 0.1) is 5.41 Å². The van der Waals surface area contributed by atoms with Crippen LogP contribution >= 0.6 is 0 Å². The van der Waals surface area contributed by atoms with Crippen LogP contribution in [0.3, 0.4) is 0 Å². The van der Waals surface area contributed by atoms with Gasteiger partial charge in [0, 0.05) is 35.8 Å². The van der Waals surface area contributed by atoms with E-state index in [9.17, 15) is 9.00 Å². The van der Waals surface area contributed by atoms with Crippen molar-refractivity contribution in [3.63, 3.8) is 0 Å². The molecule has 0 bridgehead atoms. The topological polar surface area (TPSA) is 72.2 Å². The maximum atomic E-state index is 11.4. The van der Waals surface area contributed by atoms with Gasteiger partial charge in [0.1, 0.15) is 0 Å². The van der Waals surface area contributed by atoms with Gasteiger partial charge in [-0.25, -0.2) is 0 Å². The van der Waals surface area contributed by atoms with Crippen LogP contribution in [0.25, 0.3) is 0 Å². The Morgan fingerprint density at radius 3 is 2.50 bits per heavy atom. The summed E-state index contributed by atoms with van der Waals surface area (Å²) in [5.74, 6) is 0.563. The normalized spacial score (nSPS) is 13.5. The predicted molar refractivity (Wildman–Crippen MR) is 68.6 cm³/mol. The van der Waals surface area contributed by atoms with E-state index < -0.39 is 10.8 Å². The Morgan fingerprint density at radius 2 is 2.00 bits per heavy atom. The monoisotopic (exact) mass is 248 g/mol. The largest absolute Gasteiger partial charge is 0.355 e. The van der Waals surface area contributed by atoms with Crippen LogP contribution in [0.5, 0.6) is 0 Å². The zero-order chi connectivity index (χ0) is 12.6. The number of hydrogen-bond donors (Lipinski definition) is 2. The zero-order valence-electron chi connectivity index (χ0n) is 10.5. The Morgan fingerprint density at radius 1 is 1.38 bits per heavy atom. The molecule has 0 saturated carbocycles. The molecule has 0 radical (unpaired) electrons. The molecule has 1 unspecified atom stereocenters. The lowest BCUT2D eigenvalue weighted by Gasteiger charge is -2.23. The third-order valence-corrected chi connectivity index (χ3v) is 3.34. The second kappa shape index (κ2) is 7.79. The first-order valence-corrected chi connectivity index (χ1v) is 7.37. The van der Waals surface area contributed by atoms with Crippen molar-refractivity contribution in [2.75, 3.05) is 25.1 Å². The molecule has 96 valence electrons. The minimum absolute atomic E-state index is 0.0375. The molecular weight excluding hydrogens is 224 g/mol. The van der Waals surface area contributed by atoms with E-state index in [-0.39, 0.29) is 11.3 Å². The first-order valence-electron chi connectivity index (χ1n) is 5.64. The minimum atomic E-state index is -0.837. The van der Waals surface area contributed by atoms with E-state index in [0.29, 0.717) is 25.3 Å². The molecule has 1 atom stereocenters. The summed E-state index contributed by atoms with van der Waals surface area (Å²) in [6.07, 6.45) is 3.92. The highest BCUT2D eigenvalue weighted by Crippen LogP contribution is 2.25. The first-order chi connectivity index (χ1) is 7.37. The van der Waals surface area contributed by atoms with Crippen molar-refractivity contribution in [2.45, 2.75) is 33.1 Å². The standard InChI is InChI=1S/C11H24N2O2S/c1-11(2,6-7-12)5-4-10(14)13-8-9-16(3)15/h4-9,12H2,1-3H3,(H,13,14). The van der Waals surface area contributed by atoms with Crippen molar-refractivity contribution < 1.29 is 9.00 Å². The fourth-order valence-corrected chi connectivity index (χ4v) is 1.78. The Labute approximate surface area is 101 Å². The minimum Gasteiger partial charge on any atom is -0.355 e. The fourth-order valence-electron chi connectivity index (χ4n) is 1.39. The van der Waals surface area contributed by atoms with Crippen molar-refractivity contribution in [1.82, 2.24) is 5.32 Å². The Kier molecular flexibility index (Phi) is 7.58. The Hall–Kier alpha value is -0.420. The highest BCUT2D eigenvalue weighted by Gasteiger charge is 2.17. The van der Waals surface area contributed by atoms with Crippen LogP contribution in [-0.2, 0) is 15.6 Å². The van der Waals surface area contributed by atoms with Crippen LogP contribution in [0.4, 0.5) is 0 Å².